The monoisotopic (exact) mass is 290 g/mol. The highest BCUT2D eigenvalue weighted by atomic mass is 16.4. The standard InChI is InChI=1S/C16H22N2O3/c1-11-5-4-8-13(15(19)20)14(11)18-16(21)17-10-9-12-6-2-3-7-12/h4-5,8,12H,2-3,6-7,9-10H2,1H3,(H,19,20)(H2,17,18,21). The van der Waals surface area contributed by atoms with Crippen LogP contribution in [0.2, 0.25) is 0 Å². The van der Waals surface area contributed by atoms with E-state index in [0.717, 1.165) is 17.9 Å². The van der Waals surface area contributed by atoms with Crippen molar-refractivity contribution in [3.8, 4) is 0 Å². The van der Waals surface area contributed by atoms with Crippen LogP contribution in [0.4, 0.5) is 10.5 Å². The van der Waals surface area contributed by atoms with Crippen molar-refractivity contribution in [3.63, 3.8) is 0 Å². The lowest BCUT2D eigenvalue weighted by Gasteiger charge is -2.13. The Kier molecular flexibility index (Phi) is 5.20. The lowest BCUT2D eigenvalue weighted by Crippen LogP contribution is -2.31. The maximum atomic E-state index is 11.9. The van der Waals surface area contributed by atoms with Crippen LogP contribution in [-0.2, 0) is 0 Å². The second-order valence-corrected chi connectivity index (χ2v) is 5.62. The number of urea groups is 1. The van der Waals surface area contributed by atoms with Gasteiger partial charge >= 0.3 is 12.0 Å². The summed E-state index contributed by atoms with van der Waals surface area (Å²) in [6.07, 6.45) is 6.09. The van der Waals surface area contributed by atoms with Gasteiger partial charge in [0, 0.05) is 6.54 Å². The molecule has 1 saturated carbocycles. The van der Waals surface area contributed by atoms with Crippen molar-refractivity contribution in [2.24, 2.45) is 5.92 Å². The molecular weight excluding hydrogens is 268 g/mol. The van der Waals surface area contributed by atoms with E-state index in [1.807, 2.05) is 0 Å². The number of carbonyl (C=O) groups excluding carboxylic acids is 1. The van der Waals surface area contributed by atoms with E-state index < -0.39 is 5.97 Å². The third-order valence-electron chi connectivity index (χ3n) is 4.05. The van der Waals surface area contributed by atoms with Crippen LogP contribution in [0.5, 0.6) is 0 Å². The fraction of sp³-hybridized carbons (Fsp3) is 0.500. The van der Waals surface area contributed by atoms with Crippen molar-refractivity contribution in [1.82, 2.24) is 5.32 Å². The molecule has 1 aliphatic carbocycles. The molecule has 0 aliphatic heterocycles. The summed E-state index contributed by atoms with van der Waals surface area (Å²) in [5.41, 5.74) is 1.21. The molecule has 2 rings (SSSR count). The highest BCUT2D eigenvalue weighted by Gasteiger charge is 2.16. The van der Waals surface area contributed by atoms with Gasteiger partial charge in [-0.05, 0) is 30.9 Å². The Balaban J connectivity index is 1.88. The lowest BCUT2D eigenvalue weighted by atomic mass is 10.0. The van der Waals surface area contributed by atoms with Gasteiger partial charge in [-0.25, -0.2) is 9.59 Å². The Bertz CT molecular complexity index is 522. The number of hydrogen-bond acceptors (Lipinski definition) is 2. The second kappa shape index (κ2) is 7.11. The summed E-state index contributed by atoms with van der Waals surface area (Å²) < 4.78 is 0. The first-order valence-electron chi connectivity index (χ1n) is 7.45. The third kappa shape index (κ3) is 4.21. The largest absolute Gasteiger partial charge is 0.478 e. The summed E-state index contributed by atoms with van der Waals surface area (Å²) in [7, 11) is 0. The topological polar surface area (TPSA) is 78.4 Å². The minimum atomic E-state index is -1.04. The first kappa shape index (κ1) is 15.4. The van der Waals surface area contributed by atoms with Crippen molar-refractivity contribution < 1.29 is 14.7 Å². The van der Waals surface area contributed by atoms with Gasteiger partial charge in [0.25, 0.3) is 0 Å². The molecule has 3 N–H and O–H groups in total. The average molecular weight is 290 g/mol. The molecule has 2 amide bonds. The van der Waals surface area contributed by atoms with E-state index in [0.29, 0.717) is 12.2 Å². The maximum Gasteiger partial charge on any atom is 0.337 e. The number of nitrogens with one attached hydrogen (secondary N) is 2. The van der Waals surface area contributed by atoms with Crippen molar-refractivity contribution in [1.29, 1.82) is 0 Å². The Morgan fingerprint density at radius 2 is 2.00 bits per heavy atom. The smallest absolute Gasteiger partial charge is 0.337 e. The number of aromatic carboxylic acids is 1. The van der Waals surface area contributed by atoms with Crippen LogP contribution in [-0.4, -0.2) is 23.7 Å². The van der Waals surface area contributed by atoms with Crippen LogP contribution in [0.1, 0.15) is 48.0 Å². The molecule has 0 heterocycles. The van der Waals surface area contributed by atoms with Crippen LogP contribution in [0, 0.1) is 12.8 Å². The van der Waals surface area contributed by atoms with Gasteiger partial charge in [0.05, 0.1) is 11.3 Å². The van der Waals surface area contributed by atoms with Crippen molar-refractivity contribution >= 4 is 17.7 Å². The van der Waals surface area contributed by atoms with Crippen LogP contribution >= 0.6 is 0 Å². The molecule has 0 aromatic heterocycles. The molecule has 0 radical (unpaired) electrons. The normalized spacial score (nSPS) is 14.9. The zero-order valence-corrected chi connectivity index (χ0v) is 12.3. The van der Waals surface area contributed by atoms with Gasteiger partial charge in [0.15, 0.2) is 0 Å². The van der Waals surface area contributed by atoms with Crippen LogP contribution in [0.25, 0.3) is 0 Å². The fourth-order valence-electron chi connectivity index (χ4n) is 2.86. The Labute approximate surface area is 124 Å². The molecule has 21 heavy (non-hydrogen) atoms. The van der Waals surface area contributed by atoms with Crippen LogP contribution in [0.15, 0.2) is 18.2 Å². The molecule has 1 aromatic rings. The lowest BCUT2D eigenvalue weighted by molar-refractivity contribution is 0.0698. The number of carbonyl (C=O) groups is 2. The van der Waals surface area contributed by atoms with Gasteiger partial charge in [-0.1, -0.05) is 37.8 Å². The molecule has 0 bridgehead atoms. The van der Waals surface area contributed by atoms with E-state index in [-0.39, 0.29) is 11.6 Å². The number of aryl methyl sites for hydroxylation is 1. The van der Waals surface area contributed by atoms with E-state index in [2.05, 4.69) is 10.6 Å². The summed E-state index contributed by atoms with van der Waals surface area (Å²) in [4.78, 5) is 23.1. The Morgan fingerprint density at radius 3 is 2.67 bits per heavy atom. The zero-order valence-electron chi connectivity index (χ0n) is 12.3. The van der Waals surface area contributed by atoms with Gasteiger partial charge < -0.3 is 15.7 Å². The molecule has 5 heteroatoms. The van der Waals surface area contributed by atoms with Crippen molar-refractivity contribution in [2.45, 2.75) is 39.0 Å². The minimum Gasteiger partial charge on any atom is -0.478 e. The number of para-hydroxylation sites is 1. The molecule has 0 atom stereocenters. The van der Waals surface area contributed by atoms with Gasteiger partial charge in [-0.2, -0.15) is 0 Å². The molecule has 1 fully saturated rings. The van der Waals surface area contributed by atoms with Crippen LogP contribution < -0.4 is 10.6 Å². The number of amides is 2. The number of carboxylic acid groups (broad SMARTS) is 1. The quantitative estimate of drug-likeness (QED) is 0.777. The summed E-state index contributed by atoms with van der Waals surface area (Å²) in [6.45, 7) is 2.41. The molecule has 1 aliphatic rings. The highest BCUT2D eigenvalue weighted by molar-refractivity contribution is 6.00. The molecule has 0 saturated heterocycles. The molecule has 1 aromatic carbocycles. The third-order valence-corrected chi connectivity index (χ3v) is 4.05. The average Bonchev–Trinajstić information content (AvgIpc) is 2.94. The van der Waals surface area contributed by atoms with E-state index in [1.165, 1.54) is 31.7 Å². The maximum absolute atomic E-state index is 11.9. The number of anilines is 1. The Hall–Kier alpha value is -2.04. The summed E-state index contributed by atoms with van der Waals surface area (Å²) in [6, 6.07) is 4.59. The predicted molar refractivity (Wildman–Crippen MR) is 81.7 cm³/mol. The van der Waals surface area contributed by atoms with Gasteiger partial charge in [0.1, 0.15) is 0 Å². The van der Waals surface area contributed by atoms with Gasteiger partial charge in [0.2, 0.25) is 0 Å². The summed E-state index contributed by atoms with van der Waals surface area (Å²) >= 11 is 0. The highest BCUT2D eigenvalue weighted by Crippen LogP contribution is 2.27. The first-order valence-corrected chi connectivity index (χ1v) is 7.45. The first-order chi connectivity index (χ1) is 10.1. The molecular formula is C16H22N2O3. The molecule has 5 nitrogen and oxygen atoms in total. The predicted octanol–water partition coefficient (Wildman–Crippen LogP) is 3.40. The zero-order chi connectivity index (χ0) is 15.2. The minimum absolute atomic E-state index is 0.112. The van der Waals surface area contributed by atoms with E-state index in [1.54, 1.807) is 19.1 Å². The SMILES string of the molecule is Cc1cccc(C(=O)O)c1NC(=O)NCCC1CCCC1. The number of rotatable bonds is 5. The van der Waals surface area contributed by atoms with E-state index in [4.69, 9.17) is 5.11 Å². The number of carboxylic acids is 1. The molecule has 0 spiro atoms. The fourth-order valence-corrected chi connectivity index (χ4v) is 2.86. The second-order valence-electron chi connectivity index (χ2n) is 5.62. The van der Waals surface area contributed by atoms with Crippen molar-refractivity contribution in [2.75, 3.05) is 11.9 Å². The number of hydrogen-bond donors (Lipinski definition) is 3. The summed E-state index contributed by atoms with van der Waals surface area (Å²) in [5, 5.41) is 14.6. The van der Waals surface area contributed by atoms with E-state index >= 15 is 0 Å². The van der Waals surface area contributed by atoms with Gasteiger partial charge in [-0.15, -0.1) is 0 Å². The van der Waals surface area contributed by atoms with E-state index in [9.17, 15) is 9.59 Å². The number of benzene rings is 1. The molecule has 114 valence electrons. The summed E-state index contributed by atoms with van der Waals surface area (Å²) in [5.74, 6) is -0.321. The van der Waals surface area contributed by atoms with Gasteiger partial charge in [-0.3, -0.25) is 0 Å². The van der Waals surface area contributed by atoms with Crippen molar-refractivity contribution in [3.05, 3.63) is 29.3 Å². The molecule has 0 unspecified atom stereocenters. The Morgan fingerprint density at radius 1 is 1.29 bits per heavy atom. The van der Waals surface area contributed by atoms with Crippen LogP contribution in [0.3, 0.4) is 0 Å².